The molecule has 0 radical (unpaired) electrons. The van der Waals surface area contributed by atoms with Crippen molar-refractivity contribution in [1.82, 2.24) is 0 Å². The van der Waals surface area contributed by atoms with E-state index in [4.69, 9.17) is 5.73 Å². The molecule has 0 aromatic rings. The zero-order chi connectivity index (χ0) is 8.85. The van der Waals surface area contributed by atoms with E-state index >= 15 is 0 Å². The van der Waals surface area contributed by atoms with E-state index < -0.39 is 0 Å². The molecule has 1 aliphatic rings. The van der Waals surface area contributed by atoms with Crippen LogP contribution in [0.4, 0.5) is 0 Å². The van der Waals surface area contributed by atoms with Gasteiger partial charge in [0.1, 0.15) is 0 Å². The van der Waals surface area contributed by atoms with Gasteiger partial charge in [-0.1, -0.05) is 26.3 Å². The maximum atomic E-state index is 5.80. The van der Waals surface area contributed by atoms with Gasteiger partial charge in [-0.3, -0.25) is 0 Å². The quantitative estimate of drug-likeness (QED) is 0.571. The first-order valence-electron chi connectivity index (χ1n) is 4.67. The summed E-state index contributed by atoms with van der Waals surface area (Å²) in [4.78, 5) is 0. The first-order valence-corrected chi connectivity index (χ1v) is 4.67. The molecule has 0 aromatic heterocycles. The summed E-state index contributed by atoms with van der Waals surface area (Å²) in [7, 11) is 0. The molecule has 0 unspecified atom stereocenters. The molecular formula is C10H21N. The molecule has 0 aliphatic heterocycles. The van der Waals surface area contributed by atoms with Crippen LogP contribution in [0.15, 0.2) is 11.3 Å². The SMILES string of the molecule is CC.CC1=C(N)[C@H](C)CCC1. The minimum atomic E-state index is 0.638. The van der Waals surface area contributed by atoms with Crippen molar-refractivity contribution in [2.75, 3.05) is 0 Å². The van der Waals surface area contributed by atoms with Gasteiger partial charge in [-0.25, -0.2) is 0 Å². The predicted octanol–water partition coefficient (Wildman–Crippen LogP) is 3.07. The number of hydrogen-bond acceptors (Lipinski definition) is 1. The second-order valence-electron chi connectivity index (χ2n) is 3.03. The van der Waals surface area contributed by atoms with Crippen LogP contribution < -0.4 is 5.73 Å². The molecule has 1 aliphatic carbocycles. The van der Waals surface area contributed by atoms with Gasteiger partial charge in [0.2, 0.25) is 0 Å². The molecule has 0 spiro atoms. The summed E-state index contributed by atoms with van der Waals surface area (Å²) in [6.07, 6.45) is 3.83. The first-order chi connectivity index (χ1) is 5.22. The van der Waals surface area contributed by atoms with Crippen molar-refractivity contribution < 1.29 is 0 Å². The van der Waals surface area contributed by atoms with Crippen LogP contribution in [0.3, 0.4) is 0 Å². The Bertz CT molecular complexity index is 136. The number of allylic oxidation sites excluding steroid dienone is 2. The van der Waals surface area contributed by atoms with Gasteiger partial charge in [0.15, 0.2) is 0 Å². The van der Waals surface area contributed by atoms with E-state index in [0.717, 1.165) is 5.70 Å². The van der Waals surface area contributed by atoms with E-state index in [1.54, 1.807) is 0 Å². The summed E-state index contributed by atoms with van der Waals surface area (Å²) in [5.41, 5.74) is 8.35. The van der Waals surface area contributed by atoms with Crippen molar-refractivity contribution in [3.05, 3.63) is 11.3 Å². The maximum Gasteiger partial charge on any atom is 0.00983 e. The molecule has 1 rings (SSSR count). The van der Waals surface area contributed by atoms with Crippen LogP contribution in [0, 0.1) is 5.92 Å². The summed E-state index contributed by atoms with van der Waals surface area (Å²) in [5, 5.41) is 0. The van der Waals surface area contributed by atoms with Crippen molar-refractivity contribution in [3.63, 3.8) is 0 Å². The van der Waals surface area contributed by atoms with Gasteiger partial charge in [-0.15, -0.1) is 0 Å². The highest BCUT2D eigenvalue weighted by Gasteiger charge is 2.12. The molecule has 1 atom stereocenters. The second-order valence-corrected chi connectivity index (χ2v) is 3.03. The Balaban J connectivity index is 0.000000461. The predicted molar refractivity (Wildman–Crippen MR) is 51.3 cm³/mol. The highest BCUT2D eigenvalue weighted by Crippen LogP contribution is 2.25. The van der Waals surface area contributed by atoms with Gasteiger partial charge in [-0.2, -0.15) is 0 Å². The Morgan fingerprint density at radius 3 is 2.27 bits per heavy atom. The molecule has 1 heteroatoms. The number of hydrogen-bond donors (Lipinski definition) is 1. The van der Waals surface area contributed by atoms with Crippen molar-refractivity contribution >= 4 is 0 Å². The average Bonchev–Trinajstić information content (AvgIpc) is 2.04. The Morgan fingerprint density at radius 2 is 1.91 bits per heavy atom. The van der Waals surface area contributed by atoms with Gasteiger partial charge >= 0.3 is 0 Å². The Kier molecular flexibility index (Phi) is 5.01. The maximum absolute atomic E-state index is 5.80. The lowest BCUT2D eigenvalue weighted by Gasteiger charge is -2.20. The van der Waals surface area contributed by atoms with Gasteiger partial charge in [0.05, 0.1) is 0 Å². The molecule has 0 heterocycles. The van der Waals surface area contributed by atoms with Crippen LogP contribution in [0.2, 0.25) is 0 Å². The zero-order valence-electron chi connectivity index (χ0n) is 8.28. The Hall–Kier alpha value is -0.460. The van der Waals surface area contributed by atoms with Crippen LogP contribution in [0.5, 0.6) is 0 Å². The highest BCUT2D eigenvalue weighted by molar-refractivity contribution is 5.13. The van der Waals surface area contributed by atoms with E-state index in [2.05, 4.69) is 13.8 Å². The number of nitrogens with two attached hydrogens (primary N) is 1. The van der Waals surface area contributed by atoms with Gasteiger partial charge in [-0.05, 0) is 32.1 Å². The van der Waals surface area contributed by atoms with Crippen LogP contribution in [0.1, 0.15) is 47.0 Å². The largest absolute Gasteiger partial charge is 0.402 e. The van der Waals surface area contributed by atoms with E-state index in [0.29, 0.717) is 5.92 Å². The molecule has 0 saturated carbocycles. The molecule has 11 heavy (non-hydrogen) atoms. The smallest absolute Gasteiger partial charge is 0.00983 e. The van der Waals surface area contributed by atoms with Gasteiger partial charge in [0, 0.05) is 5.70 Å². The van der Waals surface area contributed by atoms with E-state index in [1.807, 2.05) is 13.8 Å². The molecular weight excluding hydrogens is 134 g/mol. The minimum Gasteiger partial charge on any atom is -0.402 e. The van der Waals surface area contributed by atoms with Crippen molar-refractivity contribution in [2.45, 2.75) is 47.0 Å². The lowest BCUT2D eigenvalue weighted by Crippen LogP contribution is -2.14. The van der Waals surface area contributed by atoms with Crippen molar-refractivity contribution in [3.8, 4) is 0 Å². The topological polar surface area (TPSA) is 26.0 Å². The summed E-state index contributed by atoms with van der Waals surface area (Å²) in [5.74, 6) is 0.638. The fourth-order valence-electron chi connectivity index (χ4n) is 1.39. The third kappa shape index (κ3) is 2.96. The highest BCUT2D eigenvalue weighted by atomic mass is 14.6. The van der Waals surface area contributed by atoms with E-state index in [1.165, 1.54) is 24.8 Å². The zero-order valence-corrected chi connectivity index (χ0v) is 8.28. The van der Waals surface area contributed by atoms with E-state index in [-0.39, 0.29) is 0 Å². The summed E-state index contributed by atoms with van der Waals surface area (Å²) in [6.45, 7) is 8.35. The third-order valence-corrected chi connectivity index (χ3v) is 2.21. The third-order valence-electron chi connectivity index (χ3n) is 2.21. The van der Waals surface area contributed by atoms with Crippen LogP contribution in [-0.2, 0) is 0 Å². The standard InChI is InChI=1S/C8H15N.C2H6/c1-6-4-3-5-7(2)8(6)9;1-2/h6H,3-5,9H2,1-2H3;1-2H3/t6-;/m1./s1. The number of rotatable bonds is 0. The van der Waals surface area contributed by atoms with Crippen LogP contribution in [0.25, 0.3) is 0 Å². The molecule has 0 saturated heterocycles. The normalized spacial score (nSPS) is 24.2. The monoisotopic (exact) mass is 155 g/mol. The van der Waals surface area contributed by atoms with Crippen molar-refractivity contribution in [1.29, 1.82) is 0 Å². The lowest BCUT2D eigenvalue weighted by molar-refractivity contribution is 0.530. The minimum absolute atomic E-state index is 0.638. The van der Waals surface area contributed by atoms with Crippen LogP contribution in [-0.4, -0.2) is 0 Å². The Labute approximate surface area is 70.7 Å². The average molecular weight is 155 g/mol. The summed E-state index contributed by atoms with van der Waals surface area (Å²) >= 11 is 0. The van der Waals surface area contributed by atoms with Gasteiger partial charge < -0.3 is 5.73 Å². The molecule has 0 fully saturated rings. The molecule has 0 bridgehead atoms. The summed E-state index contributed by atoms with van der Waals surface area (Å²) < 4.78 is 0. The fraction of sp³-hybridized carbons (Fsp3) is 0.800. The first kappa shape index (κ1) is 10.5. The molecule has 2 N–H and O–H groups in total. The van der Waals surface area contributed by atoms with Crippen LogP contribution >= 0.6 is 0 Å². The molecule has 1 nitrogen and oxygen atoms in total. The van der Waals surface area contributed by atoms with E-state index in [9.17, 15) is 0 Å². The molecule has 66 valence electrons. The Morgan fingerprint density at radius 1 is 1.36 bits per heavy atom. The van der Waals surface area contributed by atoms with Crippen molar-refractivity contribution in [2.24, 2.45) is 11.7 Å². The fourth-order valence-corrected chi connectivity index (χ4v) is 1.39. The summed E-state index contributed by atoms with van der Waals surface area (Å²) in [6, 6.07) is 0. The molecule has 0 aromatic carbocycles. The molecule has 0 amide bonds. The second kappa shape index (κ2) is 5.22. The lowest BCUT2D eigenvalue weighted by atomic mass is 9.89. The van der Waals surface area contributed by atoms with Gasteiger partial charge in [0.25, 0.3) is 0 Å².